The number of benzene rings is 3. The number of aryl methyl sites for hydroxylation is 2. The fourth-order valence-corrected chi connectivity index (χ4v) is 4.95. The third-order valence-corrected chi connectivity index (χ3v) is 6.71. The normalized spacial score (nSPS) is 12.2. The number of aromatic nitrogens is 1. The first-order valence-corrected chi connectivity index (χ1v) is 11.9. The fourth-order valence-electron chi connectivity index (χ4n) is 3.39. The molecule has 1 atom stereocenters. The highest BCUT2D eigenvalue weighted by Gasteiger charge is 2.17. The van der Waals surface area contributed by atoms with E-state index < -0.39 is 11.3 Å². The lowest BCUT2D eigenvalue weighted by Gasteiger charge is -2.17. The van der Waals surface area contributed by atoms with Crippen LogP contribution in [0.3, 0.4) is 0 Å². The number of carbonyl (C=O) groups excluding carboxylic acids is 1. The number of nitrogens with one attached hydrogen (secondary N) is 1. The van der Waals surface area contributed by atoms with Crippen LogP contribution in [-0.4, -0.2) is 30.5 Å². The van der Waals surface area contributed by atoms with Crippen LogP contribution < -0.4 is 5.32 Å². The molecule has 0 saturated carbocycles. The van der Waals surface area contributed by atoms with Crippen LogP contribution in [0.15, 0.2) is 66.7 Å². The van der Waals surface area contributed by atoms with Gasteiger partial charge in [0.25, 0.3) is 0 Å². The number of rotatable bonds is 7. The van der Waals surface area contributed by atoms with Crippen LogP contribution in [0, 0.1) is 13.8 Å². The minimum atomic E-state index is -2.26. The second-order valence-corrected chi connectivity index (χ2v) is 9.64. The summed E-state index contributed by atoms with van der Waals surface area (Å²) in [5.41, 5.74) is 5.69. The zero-order valence-corrected chi connectivity index (χ0v) is 19.4. The van der Waals surface area contributed by atoms with E-state index >= 15 is 0 Å². The van der Waals surface area contributed by atoms with E-state index in [1.165, 1.54) is 9.87 Å². The van der Waals surface area contributed by atoms with Crippen molar-refractivity contribution < 1.29 is 13.6 Å². The summed E-state index contributed by atoms with van der Waals surface area (Å²) in [5, 5.41) is 3.71. The molecule has 164 valence electrons. The van der Waals surface area contributed by atoms with Gasteiger partial charge in [0.15, 0.2) is 0 Å². The molecule has 0 spiro atoms. The van der Waals surface area contributed by atoms with Gasteiger partial charge in [0.1, 0.15) is 5.01 Å². The quantitative estimate of drug-likeness (QED) is 0.370. The third kappa shape index (κ3) is 5.46. The lowest BCUT2D eigenvalue weighted by Crippen LogP contribution is -2.34. The predicted octanol–water partition coefficient (Wildman–Crippen LogP) is 5.16. The smallest absolute Gasteiger partial charge is 0.239 e. The Balaban J connectivity index is 1.41. The van der Waals surface area contributed by atoms with Gasteiger partial charge in [0.05, 0.1) is 16.8 Å². The Morgan fingerprint density at radius 1 is 1.06 bits per heavy atom. The van der Waals surface area contributed by atoms with Crippen molar-refractivity contribution in [3.8, 4) is 10.6 Å². The van der Waals surface area contributed by atoms with Gasteiger partial charge in [-0.3, -0.25) is 9.35 Å². The number of nitrogens with zero attached hydrogens (tertiary/aromatic N) is 2. The molecule has 0 radical (unpaired) electrons. The van der Waals surface area contributed by atoms with E-state index in [1.807, 2.05) is 67.6 Å². The summed E-state index contributed by atoms with van der Waals surface area (Å²) in [6.45, 7) is 4.02. The van der Waals surface area contributed by atoms with Gasteiger partial charge in [-0.1, -0.05) is 35.9 Å². The van der Waals surface area contributed by atoms with E-state index in [1.54, 1.807) is 11.3 Å². The van der Waals surface area contributed by atoms with Crippen molar-refractivity contribution in [1.82, 2.24) is 9.29 Å². The monoisotopic (exact) mass is 465 g/mol. The Bertz CT molecular complexity index is 1290. The summed E-state index contributed by atoms with van der Waals surface area (Å²) in [6, 6.07) is 21.3. The van der Waals surface area contributed by atoms with Gasteiger partial charge < -0.3 is 5.32 Å². The van der Waals surface area contributed by atoms with Gasteiger partial charge in [0.2, 0.25) is 17.2 Å². The second kappa shape index (κ2) is 9.70. The van der Waals surface area contributed by atoms with Crippen molar-refractivity contribution in [3.05, 3.63) is 83.4 Å². The van der Waals surface area contributed by atoms with E-state index in [2.05, 4.69) is 23.3 Å². The molecule has 4 rings (SSSR count). The Kier molecular flexibility index (Phi) is 6.76. The molecule has 2 N–H and O–H groups in total. The highest BCUT2D eigenvalue weighted by Crippen LogP contribution is 2.31. The molecule has 1 heterocycles. The van der Waals surface area contributed by atoms with Gasteiger partial charge in [-0.05, 0) is 61.4 Å². The van der Waals surface area contributed by atoms with Crippen molar-refractivity contribution in [1.29, 1.82) is 0 Å². The highest BCUT2D eigenvalue weighted by molar-refractivity contribution is 7.76. The van der Waals surface area contributed by atoms with Gasteiger partial charge in [-0.25, -0.2) is 9.19 Å². The molecular formula is C24H23N3O3S2. The first-order valence-electron chi connectivity index (χ1n) is 10.1. The fraction of sp³-hybridized carbons (Fsp3) is 0.167. The number of hydrogen-bond acceptors (Lipinski definition) is 4. The Hall–Kier alpha value is -2.91. The predicted molar refractivity (Wildman–Crippen MR) is 131 cm³/mol. The lowest BCUT2D eigenvalue weighted by molar-refractivity contribution is -0.116. The van der Waals surface area contributed by atoms with Gasteiger partial charge in [0, 0.05) is 17.8 Å². The number of anilines is 1. The largest absolute Gasteiger partial charge is 0.325 e. The van der Waals surface area contributed by atoms with E-state index in [0.717, 1.165) is 31.9 Å². The van der Waals surface area contributed by atoms with Gasteiger partial charge >= 0.3 is 0 Å². The first kappa shape index (κ1) is 22.3. The molecule has 1 aromatic heterocycles. The average Bonchev–Trinajstić information content (AvgIpc) is 3.17. The number of fused-ring (bicyclic) bond motifs is 1. The maximum Gasteiger partial charge on any atom is 0.239 e. The summed E-state index contributed by atoms with van der Waals surface area (Å²) in [6.07, 6.45) is 0. The summed E-state index contributed by atoms with van der Waals surface area (Å²) < 4.78 is 23.7. The molecular weight excluding hydrogens is 442 g/mol. The molecule has 0 saturated heterocycles. The molecule has 0 bridgehead atoms. The molecule has 3 aromatic carbocycles. The molecule has 0 aliphatic rings. The SMILES string of the molecule is Cc1cccc(CN(CC(=O)Nc2ccc(-c3nc4ccc(C)cc4s3)cc2)S(=O)O)c1. The molecule has 32 heavy (non-hydrogen) atoms. The Morgan fingerprint density at radius 3 is 2.53 bits per heavy atom. The summed E-state index contributed by atoms with van der Waals surface area (Å²) in [7, 11) is 0. The number of thiazole rings is 1. The maximum atomic E-state index is 12.5. The van der Waals surface area contributed by atoms with E-state index in [0.29, 0.717) is 5.69 Å². The van der Waals surface area contributed by atoms with Crippen molar-refractivity contribution >= 4 is 44.4 Å². The third-order valence-electron chi connectivity index (χ3n) is 4.94. The van der Waals surface area contributed by atoms with Crippen molar-refractivity contribution in [2.45, 2.75) is 20.4 Å². The lowest BCUT2D eigenvalue weighted by atomic mass is 10.1. The summed E-state index contributed by atoms with van der Waals surface area (Å²) >= 11 is -0.631. The maximum absolute atomic E-state index is 12.5. The second-order valence-electron chi connectivity index (χ2n) is 7.63. The molecule has 0 aliphatic carbocycles. The molecule has 0 fully saturated rings. The van der Waals surface area contributed by atoms with Gasteiger partial charge in [-0.2, -0.15) is 4.31 Å². The molecule has 0 aliphatic heterocycles. The van der Waals surface area contributed by atoms with E-state index in [-0.39, 0.29) is 19.0 Å². The molecule has 1 amide bonds. The van der Waals surface area contributed by atoms with Crippen LogP contribution in [0.4, 0.5) is 5.69 Å². The van der Waals surface area contributed by atoms with E-state index in [9.17, 15) is 13.6 Å². The van der Waals surface area contributed by atoms with Gasteiger partial charge in [-0.15, -0.1) is 11.3 Å². The summed E-state index contributed by atoms with van der Waals surface area (Å²) in [4.78, 5) is 17.2. The molecule has 8 heteroatoms. The minimum Gasteiger partial charge on any atom is -0.325 e. The van der Waals surface area contributed by atoms with E-state index in [4.69, 9.17) is 0 Å². The minimum absolute atomic E-state index is 0.198. The van der Waals surface area contributed by atoms with Crippen LogP contribution in [0.25, 0.3) is 20.8 Å². The first-order chi connectivity index (χ1) is 15.4. The Morgan fingerprint density at radius 2 is 1.81 bits per heavy atom. The van der Waals surface area contributed by atoms with Crippen molar-refractivity contribution in [2.24, 2.45) is 0 Å². The average molecular weight is 466 g/mol. The van der Waals surface area contributed by atoms with Crippen molar-refractivity contribution in [2.75, 3.05) is 11.9 Å². The number of amides is 1. The van der Waals surface area contributed by atoms with Crippen molar-refractivity contribution in [3.63, 3.8) is 0 Å². The zero-order valence-electron chi connectivity index (χ0n) is 17.7. The topological polar surface area (TPSA) is 82.5 Å². The van der Waals surface area contributed by atoms with Crippen LogP contribution in [0.5, 0.6) is 0 Å². The van der Waals surface area contributed by atoms with Crippen LogP contribution >= 0.6 is 11.3 Å². The zero-order chi connectivity index (χ0) is 22.7. The highest BCUT2D eigenvalue weighted by atomic mass is 32.2. The Labute approximate surface area is 193 Å². The standard InChI is InChI=1S/C24H23N3O3S2/c1-16-4-3-5-18(12-16)14-27(32(29)30)15-23(28)25-20-9-7-19(8-10-20)24-26-21-11-6-17(2)13-22(21)31-24/h3-13H,14-15H2,1-2H3,(H,25,28)(H,29,30). The summed E-state index contributed by atoms with van der Waals surface area (Å²) in [5.74, 6) is -0.358. The molecule has 4 aromatic rings. The van der Waals surface area contributed by atoms with Crippen LogP contribution in [-0.2, 0) is 22.6 Å². The molecule has 6 nitrogen and oxygen atoms in total. The van der Waals surface area contributed by atoms with Crippen LogP contribution in [0.1, 0.15) is 16.7 Å². The number of carbonyl (C=O) groups is 1. The molecule has 1 unspecified atom stereocenters. The van der Waals surface area contributed by atoms with Crippen LogP contribution in [0.2, 0.25) is 0 Å². The number of hydrogen-bond donors (Lipinski definition) is 2.